The van der Waals surface area contributed by atoms with Gasteiger partial charge in [0.15, 0.2) is 0 Å². The fourth-order valence-electron chi connectivity index (χ4n) is 3.98. The van der Waals surface area contributed by atoms with E-state index in [9.17, 15) is 18.0 Å². The Kier molecular flexibility index (Phi) is 9.34. The molecule has 0 saturated carbocycles. The van der Waals surface area contributed by atoms with E-state index in [0.29, 0.717) is 22.7 Å². The molecule has 2 amide bonds. The van der Waals surface area contributed by atoms with Crippen molar-refractivity contribution in [3.05, 3.63) is 94.5 Å². The van der Waals surface area contributed by atoms with Crippen LogP contribution in [0.15, 0.2) is 77.7 Å². The van der Waals surface area contributed by atoms with Gasteiger partial charge in [-0.25, -0.2) is 8.42 Å². The molecule has 0 saturated heterocycles. The molecule has 37 heavy (non-hydrogen) atoms. The molecule has 7 nitrogen and oxygen atoms in total. The molecule has 0 bridgehead atoms. The van der Waals surface area contributed by atoms with E-state index < -0.39 is 28.5 Å². The van der Waals surface area contributed by atoms with Crippen LogP contribution in [0.3, 0.4) is 0 Å². The van der Waals surface area contributed by atoms with Crippen molar-refractivity contribution in [2.24, 2.45) is 0 Å². The highest BCUT2D eigenvalue weighted by Gasteiger charge is 2.32. The van der Waals surface area contributed by atoms with E-state index in [0.717, 1.165) is 15.4 Å². The lowest BCUT2D eigenvalue weighted by Crippen LogP contribution is -2.51. The maximum Gasteiger partial charge on any atom is 0.264 e. The number of amides is 2. The number of carbonyl (C=O) groups excluding carboxylic acids is 2. The number of aryl methyl sites for hydroxylation is 2. The smallest absolute Gasteiger partial charge is 0.264 e. The number of rotatable bonds is 10. The summed E-state index contributed by atoms with van der Waals surface area (Å²) in [7, 11) is -2.63. The number of likely N-dealkylation sites (N-methyl/N-ethyl adjacent to an activating group) is 1. The average molecular weight is 542 g/mol. The number of nitrogens with one attached hydrogen (secondary N) is 1. The highest BCUT2D eigenvalue weighted by molar-refractivity contribution is 7.92. The van der Waals surface area contributed by atoms with Crippen molar-refractivity contribution >= 4 is 39.1 Å². The Labute approximate surface area is 224 Å². The number of anilines is 1. The van der Waals surface area contributed by atoms with Crippen LogP contribution < -0.4 is 9.62 Å². The van der Waals surface area contributed by atoms with Crippen molar-refractivity contribution in [1.29, 1.82) is 0 Å². The van der Waals surface area contributed by atoms with Gasteiger partial charge in [-0.3, -0.25) is 13.9 Å². The van der Waals surface area contributed by atoms with Crippen molar-refractivity contribution in [2.75, 3.05) is 24.4 Å². The predicted molar refractivity (Wildman–Crippen MR) is 147 cm³/mol. The lowest BCUT2D eigenvalue weighted by atomic mass is 10.1. The van der Waals surface area contributed by atoms with E-state index in [2.05, 4.69) is 5.32 Å². The number of carbonyl (C=O) groups is 2. The Morgan fingerprint density at radius 3 is 2.24 bits per heavy atom. The summed E-state index contributed by atoms with van der Waals surface area (Å²) in [5.41, 5.74) is 2.85. The summed E-state index contributed by atoms with van der Waals surface area (Å²) in [5, 5.41) is 2.92. The third-order valence-electron chi connectivity index (χ3n) is 6.23. The zero-order valence-corrected chi connectivity index (χ0v) is 23.0. The van der Waals surface area contributed by atoms with E-state index in [-0.39, 0.29) is 17.3 Å². The average Bonchev–Trinajstić information content (AvgIpc) is 2.89. The zero-order chi connectivity index (χ0) is 27.2. The number of benzene rings is 3. The third kappa shape index (κ3) is 6.90. The van der Waals surface area contributed by atoms with Gasteiger partial charge in [-0.15, -0.1) is 0 Å². The molecule has 1 atom stereocenters. The molecular formula is C28H32ClN3O4S. The molecule has 3 aromatic carbocycles. The first-order valence-electron chi connectivity index (χ1n) is 11.9. The van der Waals surface area contributed by atoms with Crippen LogP contribution in [-0.4, -0.2) is 51.3 Å². The molecule has 3 aromatic rings. The summed E-state index contributed by atoms with van der Waals surface area (Å²) in [5.74, 6) is -0.838. The van der Waals surface area contributed by atoms with Gasteiger partial charge in [-0.2, -0.15) is 0 Å². The minimum Gasteiger partial charge on any atom is -0.357 e. The van der Waals surface area contributed by atoms with Gasteiger partial charge in [0.2, 0.25) is 11.8 Å². The first-order chi connectivity index (χ1) is 17.5. The fourth-order valence-corrected chi connectivity index (χ4v) is 5.62. The number of hydrogen-bond donors (Lipinski definition) is 1. The maximum absolute atomic E-state index is 13.8. The summed E-state index contributed by atoms with van der Waals surface area (Å²) in [6.07, 6.45) is 0.509. The van der Waals surface area contributed by atoms with E-state index in [1.165, 1.54) is 30.1 Å². The van der Waals surface area contributed by atoms with Crippen molar-refractivity contribution in [3.8, 4) is 0 Å². The van der Waals surface area contributed by atoms with Crippen LogP contribution in [0.4, 0.5) is 5.69 Å². The number of nitrogens with zero attached hydrogens (tertiary/aromatic N) is 2. The van der Waals surface area contributed by atoms with Crippen molar-refractivity contribution in [2.45, 2.75) is 38.1 Å². The van der Waals surface area contributed by atoms with Crippen molar-refractivity contribution in [1.82, 2.24) is 10.2 Å². The molecule has 9 heteroatoms. The summed E-state index contributed by atoms with van der Waals surface area (Å²) in [4.78, 5) is 27.7. The Morgan fingerprint density at radius 1 is 0.973 bits per heavy atom. The van der Waals surface area contributed by atoms with Gasteiger partial charge in [0.25, 0.3) is 10.0 Å². The van der Waals surface area contributed by atoms with Gasteiger partial charge in [0.1, 0.15) is 12.6 Å². The quantitative estimate of drug-likeness (QED) is 0.413. The molecule has 0 spiro atoms. The van der Waals surface area contributed by atoms with Gasteiger partial charge in [-0.1, -0.05) is 65.7 Å². The molecule has 0 heterocycles. The van der Waals surface area contributed by atoms with E-state index in [1.54, 1.807) is 38.1 Å². The van der Waals surface area contributed by atoms with E-state index in [4.69, 9.17) is 11.6 Å². The van der Waals surface area contributed by atoms with Crippen LogP contribution in [0.1, 0.15) is 23.6 Å². The minimum atomic E-state index is -4.13. The molecule has 0 radical (unpaired) electrons. The molecule has 196 valence electrons. The Balaban J connectivity index is 2.02. The van der Waals surface area contributed by atoms with Crippen LogP contribution in [0.25, 0.3) is 0 Å². The molecular weight excluding hydrogens is 510 g/mol. The minimum absolute atomic E-state index is 0.0560. The predicted octanol–water partition coefficient (Wildman–Crippen LogP) is 4.36. The highest BCUT2D eigenvalue weighted by atomic mass is 35.5. The first-order valence-corrected chi connectivity index (χ1v) is 13.8. The Morgan fingerprint density at radius 2 is 1.62 bits per heavy atom. The summed E-state index contributed by atoms with van der Waals surface area (Å²) in [6.45, 7) is 5.00. The Bertz CT molecular complexity index is 1350. The number of halogens is 1. The fraction of sp³-hybridized carbons (Fsp3) is 0.286. The second-order valence-electron chi connectivity index (χ2n) is 8.87. The van der Waals surface area contributed by atoms with Crippen LogP contribution in [0, 0.1) is 13.8 Å². The molecule has 3 rings (SSSR count). The topological polar surface area (TPSA) is 86.8 Å². The third-order valence-corrected chi connectivity index (χ3v) is 8.23. The lowest BCUT2D eigenvalue weighted by Gasteiger charge is -2.32. The highest BCUT2D eigenvalue weighted by Crippen LogP contribution is 2.30. The van der Waals surface area contributed by atoms with E-state index >= 15 is 0 Å². The molecule has 0 aliphatic rings. The molecule has 0 unspecified atom stereocenters. The lowest BCUT2D eigenvalue weighted by molar-refractivity contribution is -0.138. The summed E-state index contributed by atoms with van der Waals surface area (Å²) >= 11 is 6.24. The van der Waals surface area contributed by atoms with Crippen LogP contribution in [-0.2, 0) is 26.0 Å². The van der Waals surface area contributed by atoms with Gasteiger partial charge in [-0.05, 0) is 62.6 Å². The number of sulfonamides is 1. The van der Waals surface area contributed by atoms with Crippen molar-refractivity contribution in [3.63, 3.8) is 0 Å². The molecule has 0 aliphatic carbocycles. The van der Waals surface area contributed by atoms with Crippen molar-refractivity contribution < 1.29 is 18.0 Å². The maximum atomic E-state index is 13.8. The normalized spacial score (nSPS) is 12.0. The van der Waals surface area contributed by atoms with Crippen LogP contribution in [0.5, 0.6) is 0 Å². The van der Waals surface area contributed by atoms with E-state index in [1.807, 2.05) is 37.3 Å². The van der Waals surface area contributed by atoms with Gasteiger partial charge in [0.05, 0.1) is 10.6 Å². The summed E-state index contributed by atoms with van der Waals surface area (Å²) < 4.78 is 28.8. The SMILES string of the molecule is CNC(=O)[C@H](C)N(CCc1ccccc1)C(=O)CN(c1cc(Cl)ccc1C)S(=O)(=O)c1ccc(C)cc1. The first kappa shape index (κ1) is 28.2. The largest absolute Gasteiger partial charge is 0.357 e. The van der Waals surface area contributed by atoms with Gasteiger partial charge in [0, 0.05) is 18.6 Å². The second-order valence-corrected chi connectivity index (χ2v) is 11.2. The number of hydrogen-bond acceptors (Lipinski definition) is 4. The Hall–Kier alpha value is -3.36. The van der Waals surface area contributed by atoms with Gasteiger partial charge >= 0.3 is 0 Å². The molecule has 0 aromatic heterocycles. The van der Waals surface area contributed by atoms with Crippen LogP contribution in [0.2, 0.25) is 5.02 Å². The zero-order valence-electron chi connectivity index (χ0n) is 21.4. The second kappa shape index (κ2) is 12.3. The van der Waals surface area contributed by atoms with Gasteiger partial charge < -0.3 is 10.2 Å². The van der Waals surface area contributed by atoms with Crippen LogP contribution >= 0.6 is 11.6 Å². The standard InChI is InChI=1S/C28H32ClN3O4S/c1-20-10-14-25(15-11-20)37(35,36)32(26-18-24(29)13-12-21(26)2)19-27(33)31(22(3)28(34)30-4)17-16-23-8-6-5-7-9-23/h5-15,18,22H,16-17,19H2,1-4H3,(H,30,34)/t22-/m0/s1. The summed E-state index contributed by atoms with van der Waals surface area (Å²) in [6, 6.07) is 20.1. The molecule has 1 N–H and O–H groups in total. The molecule has 0 fully saturated rings. The monoisotopic (exact) mass is 541 g/mol. The molecule has 0 aliphatic heterocycles.